The summed E-state index contributed by atoms with van der Waals surface area (Å²) >= 11 is 2.01. The Morgan fingerprint density at radius 1 is 1.45 bits per heavy atom. The molecule has 4 rings (SSSR count). The minimum Gasteiger partial charge on any atom is -0.399 e. The molecule has 2 unspecified atom stereocenters. The van der Waals surface area contributed by atoms with Gasteiger partial charge in [0.05, 0.1) is 23.4 Å². The van der Waals surface area contributed by atoms with Gasteiger partial charge in [0.25, 0.3) is 0 Å². The molecule has 2 aliphatic rings. The van der Waals surface area contributed by atoms with Crippen molar-refractivity contribution < 1.29 is 4.74 Å². The molecule has 2 atom stereocenters. The Balaban J connectivity index is 1.70. The molecule has 0 saturated carbocycles. The Labute approximate surface area is 122 Å². The number of hydrogen-bond acceptors (Lipinski definition) is 4. The van der Waals surface area contributed by atoms with Crippen molar-refractivity contribution in [2.24, 2.45) is 0 Å². The summed E-state index contributed by atoms with van der Waals surface area (Å²) in [6.07, 6.45) is 5.24. The predicted octanol–water partition coefficient (Wildman–Crippen LogP) is 2.85. The highest BCUT2D eigenvalue weighted by Gasteiger charge is 2.41. The van der Waals surface area contributed by atoms with E-state index in [4.69, 9.17) is 10.5 Å². The third-order valence-corrected chi connectivity index (χ3v) is 5.73. The molecule has 2 aliphatic heterocycles. The first kappa shape index (κ1) is 12.5. The molecule has 2 aromatic rings. The van der Waals surface area contributed by atoms with Gasteiger partial charge < -0.3 is 10.5 Å². The second kappa shape index (κ2) is 4.67. The molecule has 2 saturated heterocycles. The second-order valence-electron chi connectivity index (χ2n) is 5.89. The monoisotopic (exact) mass is 289 g/mol. The third kappa shape index (κ3) is 2.00. The molecule has 2 fully saturated rings. The summed E-state index contributed by atoms with van der Waals surface area (Å²) in [6, 6.07) is 6.46. The van der Waals surface area contributed by atoms with Crippen LogP contribution in [0.3, 0.4) is 0 Å². The fourth-order valence-electron chi connectivity index (χ4n) is 3.42. The predicted molar refractivity (Wildman–Crippen MR) is 83.0 cm³/mol. The topological polar surface area (TPSA) is 53.1 Å². The largest absolute Gasteiger partial charge is 0.399 e. The maximum absolute atomic E-state index is 6.10. The number of anilines is 1. The average Bonchev–Trinajstić information content (AvgIpc) is 3.06. The summed E-state index contributed by atoms with van der Waals surface area (Å²) < 4.78 is 8.27. The van der Waals surface area contributed by atoms with Gasteiger partial charge in [0.15, 0.2) is 0 Å². The van der Waals surface area contributed by atoms with Crippen molar-refractivity contribution >= 4 is 28.4 Å². The van der Waals surface area contributed by atoms with Gasteiger partial charge in [-0.05, 0) is 43.2 Å². The van der Waals surface area contributed by atoms with Gasteiger partial charge in [0.2, 0.25) is 0 Å². The molecular weight excluding hydrogens is 270 g/mol. The van der Waals surface area contributed by atoms with Gasteiger partial charge in [0, 0.05) is 23.4 Å². The quantitative estimate of drug-likeness (QED) is 0.820. The lowest BCUT2D eigenvalue weighted by atomic mass is 9.90. The van der Waals surface area contributed by atoms with E-state index < -0.39 is 0 Å². The minimum atomic E-state index is 0.0895. The van der Waals surface area contributed by atoms with E-state index in [1.807, 2.05) is 30.1 Å². The molecule has 2 N–H and O–H groups in total. The summed E-state index contributed by atoms with van der Waals surface area (Å²) in [5, 5.41) is 5.78. The highest BCUT2D eigenvalue weighted by Crippen LogP contribution is 2.42. The number of nitrogen functional groups attached to an aromatic ring is 1. The lowest BCUT2D eigenvalue weighted by Gasteiger charge is -2.38. The van der Waals surface area contributed by atoms with Crippen LogP contribution in [-0.4, -0.2) is 33.5 Å². The summed E-state index contributed by atoms with van der Waals surface area (Å²) in [5.74, 6) is 2.35. The molecular formula is C15H19N3OS. The zero-order valence-corrected chi connectivity index (χ0v) is 12.2. The van der Waals surface area contributed by atoms with Gasteiger partial charge in [-0.15, -0.1) is 0 Å². The van der Waals surface area contributed by atoms with Crippen molar-refractivity contribution in [3.8, 4) is 0 Å². The number of aromatic nitrogens is 2. The first-order chi connectivity index (χ1) is 9.76. The summed E-state index contributed by atoms with van der Waals surface area (Å²) in [4.78, 5) is 0. The van der Waals surface area contributed by atoms with Crippen molar-refractivity contribution in [1.82, 2.24) is 9.78 Å². The molecule has 0 radical (unpaired) electrons. The molecule has 1 spiro atoms. The van der Waals surface area contributed by atoms with Crippen LogP contribution in [0.15, 0.2) is 24.4 Å². The minimum absolute atomic E-state index is 0.0895. The van der Waals surface area contributed by atoms with E-state index in [2.05, 4.69) is 15.8 Å². The fourth-order valence-corrected chi connectivity index (χ4v) is 4.80. The number of thioether (sulfide) groups is 1. The molecule has 0 bridgehead atoms. The zero-order chi connectivity index (χ0) is 13.6. The Bertz CT molecular complexity index is 633. The van der Waals surface area contributed by atoms with E-state index in [1.165, 1.54) is 17.6 Å². The number of nitrogens with zero attached hydrogens (tertiary/aromatic N) is 2. The first-order valence-electron chi connectivity index (χ1n) is 7.20. The zero-order valence-electron chi connectivity index (χ0n) is 11.4. The van der Waals surface area contributed by atoms with E-state index in [1.54, 1.807) is 0 Å². The standard InChI is InChI=1S/C15H19N3OS/c16-12-2-1-11-9-17-18(14(11)7-12)13-3-5-19-15(8-13)4-6-20-10-15/h1-2,7,9,13H,3-6,8,10,16H2. The Morgan fingerprint density at radius 2 is 2.40 bits per heavy atom. The van der Waals surface area contributed by atoms with Crippen molar-refractivity contribution in [3.05, 3.63) is 24.4 Å². The maximum Gasteiger partial charge on any atom is 0.0800 e. The molecule has 4 nitrogen and oxygen atoms in total. The smallest absolute Gasteiger partial charge is 0.0800 e. The molecule has 20 heavy (non-hydrogen) atoms. The van der Waals surface area contributed by atoms with Crippen LogP contribution >= 0.6 is 11.8 Å². The third-order valence-electron chi connectivity index (χ3n) is 4.50. The number of hydrogen-bond donors (Lipinski definition) is 1. The van der Waals surface area contributed by atoms with Crippen LogP contribution in [0.5, 0.6) is 0 Å². The molecule has 0 aliphatic carbocycles. The Kier molecular flexibility index (Phi) is 2.93. The summed E-state index contributed by atoms with van der Waals surface area (Å²) in [7, 11) is 0. The summed E-state index contributed by atoms with van der Waals surface area (Å²) in [5.41, 5.74) is 7.97. The maximum atomic E-state index is 6.10. The van der Waals surface area contributed by atoms with Crippen molar-refractivity contribution in [2.45, 2.75) is 30.9 Å². The number of rotatable bonds is 1. The van der Waals surface area contributed by atoms with Crippen molar-refractivity contribution in [2.75, 3.05) is 23.8 Å². The van der Waals surface area contributed by atoms with Crippen LogP contribution in [0, 0.1) is 0 Å². The second-order valence-corrected chi connectivity index (χ2v) is 6.99. The molecule has 0 amide bonds. The van der Waals surface area contributed by atoms with Gasteiger partial charge in [-0.2, -0.15) is 16.9 Å². The van der Waals surface area contributed by atoms with E-state index in [9.17, 15) is 0 Å². The van der Waals surface area contributed by atoms with Gasteiger partial charge in [-0.1, -0.05) is 0 Å². The van der Waals surface area contributed by atoms with Gasteiger partial charge in [0.1, 0.15) is 0 Å². The van der Waals surface area contributed by atoms with E-state index >= 15 is 0 Å². The SMILES string of the molecule is Nc1ccc2cnn(C3CCOC4(CCSC4)C3)c2c1. The van der Waals surface area contributed by atoms with Crippen LogP contribution < -0.4 is 5.73 Å². The van der Waals surface area contributed by atoms with E-state index in [0.29, 0.717) is 6.04 Å². The Morgan fingerprint density at radius 3 is 3.25 bits per heavy atom. The molecule has 106 valence electrons. The molecule has 1 aromatic carbocycles. The van der Waals surface area contributed by atoms with Crippen LogP contribution in [0.25, 0.3) is 10.9 Å². The number of benzene rings is 1. The van der Waals surface area contributed by atoms with Crippen LogP contribution in [-0.2, 0) is 4.74 Å². The average molecular weight is 289 g/mol. The Hall–Kier alpha value is -1.20. The van der Waals surface area contributed by atoms with E-state index in [-0.39, 0.29) is 5.60 Å². The molecule has 3 heterocycles. The lowest BCUT2D eigenvalue weighted by molar-refractivity contribution is -0.0772. The highest BCUT2D eigenvalue weighted by molar-refractivity contribution is 7.99. The molecule has 1 aromatic heterocycles. The van der Waals surface area contributed by atoms with Crippen molar-refractivity contribution in [1.29, 1.82) is 0 Å². The number of ether oxygens (including phenoxy) is 1. The fraction of sp³-hybridized carbons (Fsp3) is 0.533. The highest BCUT2D eigenvalue weighted by atomic mass is 32.2. The van der Waals surface area contributed by atoms with Crippen molar-refractivity contribution in [3.63, 3.8) is 0 Å². The van der Waals surface area contributed by atoms with E-state index in [0.717, 1.165) is 36.4 Å². The van der Waals surface area contributed by atoms with Gasteiger partial charge >= 0.3 is 0 Å². The van der Waals surface area contributed by atoms with Crippen LogP contribution in [0.4, 0.5) is 5.69 Å². The van der Waals surface area contributed by atoms with Gasteiger partial charge in [-0.25, -0.2) is 0 Å². The lowest BCUT2D eigenvalue weighted by Crippen LogP contribution is -2.40. The molecule has 5 heteroatoms. The summed E-state index contributed by atoms with van der Waals surface area (Å²) in [6.45, 7) is 0.842. The number of nitrogens with two attached hydrogens (primary N) is 1. The van der Waals surface area contributed by atoms with Crippen LogP contribution in [0.2, 0.25) is 0 Å². The number of fused-ring (bicyclic) bond motifs is 1. The van der Waals surface area contributed by atoms with Crippen LogP contribution in [0.1, 0.15) is 25.3 Å². The first-order valence-corrected chi connectivity index (χ1v) is 8.36. The van der Waals surface area contributed by atoms with Gasteiger partial charge in [-0.3, -0.25) is 4.68 Å². The normalized spacial score (nSPS) is 30.3.